The van der Waals surface area contributed by atoms with Gasteiger partial charge >= 0.3 is 6.09 Å². The summed E-state index contributed by atoms with van der Waals surface area (Å²) < 4.78 is 1.18. The first-order valence-corrected chi connectivity index (χ1v) is 7.75. The van der Waals surface area contributed by atoms with Gasteiger partial charge in [0.1, 0.15) is 0 Å². The third-order valence-corrected chi connectivity index (χ3v) is 5.44. The van der Waals surface area contributed by atoms with E-state index in [0.29, 0.717) is 0 Å². The van der Waals surface area contributed by atoms with Crippen molar-refractivity contribution in [2.75, 3.05) is 7.05 Å². The monoisotopic (exact) mass is 285 g/mol. The van der Waals surface area contributed by atoms with Gasteiger partial charge in [-0.1, -0.05) is 32.9 Å². The molecule has 1 aromatic rings. The lowest BCUT2D eigenvalue weighted by Crippen LogP contribution is -2.26. The predicted molar refractivity (Wildman–Crippen MR) is 78.7 cm³/mol. The summed E-state index contributed by atoms with van der Waals surface area (Å²) in [4.78, 5) is 11.8. The fourth-order valence-electron chi connectivity index (χ4n) is 1.53. The molecule has 0 radical (unpaired) electrons. The highest BCUT2D eigenvalue weighted by Gasteiger charge is 2.18. The molecule has 0 aliphatic rings. The Morgan fingerprint density at radius 3 is 2.33 bits per heavy atom. The van der Waals surface area contributed by atoms with Crippen LogP contribution >= 0.6 is 0 Å². The summed E-state index contributed by atoms with van der Waals surface area (Å²) in [5.74, 6) is 0. The number of hydrogen-bond acceptors (Lipinski definition) is 2. The van der Waals surface area contributed by atoms with E-state index < -0.39 is 15.7 Å². The molecule has 0 aliphatic carbocycles. The third kappa shape index (κ3) is 3.29. The Hall–Kier alpha value is -0.940. The van der Waals surface area contributed by atoms with Crippen LogP contribution in [0.4, 0.5) is 4.79 Å². The minimum Gasteiger partial charge on any atom is -0.464 e. The number of rotatable bonds is 2. The van der Waals surface area contributed by atoms with Crippen LogP contribution in [-0.2, 0) is 26.2 Å². The van der Waals surface area contributed by atoms with Gasteiger partial charge in [-0.2, -0.15) is 0 Å². The van der Waals surface area contributed by atoms with Crippen LogP contribution in [0.2, 0.25) is 0 Å². The molecule has 5 heteroatoms. The summed E-state index contributed by atoms with van der Waals surface area (Å²) in [6.45, 7) is 8.43. The molecule has 0 saturated heterocycles. The zero-order chi connectivity index (χ0) is 14.1. The fraction of sp³-hybridized carbons (Fsp3) is 0.462. The second kappa shape index (κ2) is 5.36. The highest BCUT2D eigenvalue weighted by atomic mass is 32.8. The van der Waals surface area contributed by atoms with Crippen LogP contribution < -0.4 is 0 Å². The second-order valence-corrected chi connectivity index (χ2v) is 7.69. The predicted octanol–water partition coefficient (Wildman–Crippen LogP) is 3.26. The summed E-state index contributed by atoms with van der Waals surface area (Å²) in [5, 5.41) is 8.95. The maximum Gasteiger partial charge on any atom is 0.417 e. The normalized spacial score (nSPS) is 13.2. The first-order valence-electron chi connectivity index (χ1n) is 5.64. The van der Waals surface area contributed by atoms with Gasteiger partial charge in [0, 0.05) is 21.6 Å². The quantitative estimate of drug-likeness (QED) is 0.906. The van der Waals surface area contributed by atoms with Crippen LogP contribution in [-0.4, -0.2) is 22.6 Å². The van der Waals surface area contributed by atoms with Gasteiger partial charge in [0.15, 0.2) is 0 Å². The van der Waals surface area contributed by atoms with Crippen molar-refractivity contribution in [1.82, 2.24) is 4.31 Å². The Labute approximate surface area is 116 Å². The second-order valence-electron chi connectivity index (χ2n) is 5.26. The van der Waals surface area contributed by atoms with E-state index in [1.165, 1.54) is 16.9 Å². The van der Waals surface area contributed by atoms with Crippen molar-refractivity contribution in [3.05, 3.63) is 29.3 Å². The molecule has 1 N–H and O–H groups in total. The highest BCUT2D eigenvalue weighted by Crippen LogP contribution is 2.26. The molecule has 1 unspecified atom stereocenters. The molecule has 3 nitrogen and oxygen atoms in total. The van der Waals surface area contributed by atoms with E-state index in [1.54, 1.807) is 0 Å². The average Bonchev–Trinajstić information content (AvgIpc) is 2.25. The smallest absolute Gasteiger partial charge is 0.417 e. The van der Waals surface area contributed by atoms with Crippen LogP contribution in [0.25, 0.3) is 0 Å². The first kappa shape index (κ1) is 15.1. The Morgan fingerprint density at radius 2 is 1.94 bits per heavy atom. The highest BCUT2D eigenvalue weighted by molar-refractivity contribution is 8.27. The van der Waals surface area contributed by atoms with Crippen molar-refractivity contribution >= 4 is 26.9 Å². The molecule has 0 bridgehead atoms. The van der Waals surface area contributed by atoms with E-state index in [4.69, 9.17) is 16.3 Å². The van der Waals surface area contributed by atoms with Gasteiger partial charge in [0.2, 0.25) is 0 Å². The topological polar surface area (TPSA) is 40.5 Å². The number of aryl methyl sites for hydroxylation is 1. The van der Waals surface area contributed by atoms with Gasteiger partial charge in [0.05, 0.1) is 0 Å². The van der Waals surface area contributed by atoms with Crippen molar-refractivity contribution < 1.29 is 9.90 Å². The molecule has 1 atom stereocenters. The summed E-state index contributed by atoms with van der Waals surface area (Å²) in [5.41, 5.74) is 2.37. The molecular weight excluding hydrogens is 266 g/mol. The maximum atomic E-state index is 10.9. The summed E-state index contributed by atoms with van der Waals surface area (Å²) in [6, 6.07) is 6.08. The molecule has 0 spiro atoms. The molecule has 0 saturated carbocycles. The summed E-state index contributed by atoms with van der Waals surface area (Å²) in [7, 11) is 0.672. The molecule has 1 amide bonds. The standard InChI is InChI=1S/C13H19NO2S2/c1-9-8-10(13(2,3)4)6-7-11(9)18(17)14(5)12(15)16/h6-8H,1-5H3,(H,15,16). The van der Waals surface area contributed by atoms with Gasteiger partial charge in [-0.25, -0.2) is 9.10 Å². The minimum absolute atomic E-state index is 0.0854. The SMILES string of the molecule is Cc1cc(C(C)(C)C)ccc1S(=S)N(C)C(=O)O. The molecule has 100 valence electrons. The number of nitrogens with zero attached hydrogens (tertiary/aromatic N) is 1. The largest absolute Gasteiger partial charge is 0.464 e. The average molecular weight is 285 g/mol. The molecule has 0 fully saturated rings. The molecule has 0 heterocycles. The van der Waals surface area contributed by atoms with Gasteiger partial charge in [-0.15, -0.1) is 0 Å². The van der Waals surface area contributed by atoms with E-state index in [2.05, 4.69) is 26.8 Å². The van der Waals surface area contributed by atoms with Crippen LogP contribution in [0.15, 0.2) is 23.1 Å². The van der Waals surface area contributed by atoms with Gasteiger partial charge in [0.25, 0.3) is 0 Å². The first-order chi connectivity index (χ1) is 8.14. The molecule has 1 aromatic carbocycles. The van der Waals surface area contributed by atoms with Gasteiger partial charge in [-0.3, -0.25) is 0 Å². The van der Waals surface area contributed by atoms with Gasteiger partial charge < -0.3 is 5.11 Å². The Bertz CT molecular complexity index is 492. The third-order valence-electron chi connectivity index (χ3n) is 2.75. The van der Waals surface area contributed by atoms with Crippen molar-refractivity contribution in [3.8, 4) is 0 Å². The van der Waals surface area contributed by atoms with Crippen molar-refractivity contribution in [2.24, 2.45) is 0 Å². The lowest BCUT2D eigenvalue weighted by Gasteiger charge is -2.22. The fourth-order valence-corrected chi connectivity index (χ4v) is 3.24. The Morgan fingerprint density at radius 1 is 1.39 bits per heavy atom. The zero-order valence-electron chi connectivity index (χ0n) is 11.4. The van der Waals surface area contributed by atoms with Crippen molar-refractivity contribution in [3.63, 3.8) is 0 Å². The Balaban J connectivity index is 3.14. The number of carbonyl (C=O) groups is 1. The molecular formula is C13H19NO2S2. The Kier molecular flexibility index (Phi) is 4.50. The number of amides is 1. The van der Waals surface area contributed by atoms with Crippen LogP contribution in [0, 0.1) is 6.92 Å². The van der Waals surface area contributed by atoms with Crippen LogP contribution in [0.1, 0.15) is 31.9 Å². The van der Waals surface area contributed by atoms with E-state index in [-0.39, 0.29) is 5.41 Å². The van der Waals surface area contributed by atoms with E-state index in [1.807, 2.05) is 19.1 Å². The van der Waals surface area contributed by atoms with Crippen molar-refractivity contribution in [1.29, 1.82) is 0 Å². The zero-order valence-corrected chi connectivity index (χ0v) is 13.0. The van der Waals surface area contributed by atoms with Crippen molar-refractivity contribution in [2.45, 2.75) is 38.0 Å². The van der Waals surface area contributed by atoms with Crippen LogP contribution in [0.3, 0.4) is 0 Å². The van der Waals surface area contributed by atoms with Gasteiger partial charge in [-0.05, 0) is 40.7 Å². The molecule has 1 rings (SSSR count). The molecule has 0 aliphatic heterocycles. The number of carboxylic acid groups (broad SMARTS) is 1. The minimum atomic E-state index is -0.993. The number of benzene rings is 1. The molecule has 18 heavy (non-hydrogen) atoms. The number of hydrogen-bond donors (Lipinski definition) is 1. The lowest BCUT2D eigenvalue weighted by atomic mass is 9.86. The van der Waals surface area contributed by atoms with Crippen LogP contribution in [0.5, 0.6) is 0 Å². The lowest BCUT2D eigenvalue weighted by molar-refractivity contribution is 0.180. The van der Waals surface area contributed by atoms with E-state index >= 15 is 0 Å². The van der Waals surface area contributed by atoms with E-state index in [0.717, 1.165) is 10.5 Å². The summed E-state index contributed by atoms with van der Waals surface area (Å²) >= 11 is 5.30. The van der Waals surface area contributed by atoms with E-state index in [9.17, 15) is 4.79 Å². The maximum absolute atomic E-state index is 10.9. The molecule has 0 aromatic heterocycles. The summed E-state index contributed by atoms with van der Waals surface area (Å²) in [6.07, 6.45) is -0.993.